The van der Waals surface area contributed by atoms with Gasteiger partial charge >= 0.3 is 6.18 Å². The van der Waals surface area contributed by atoms with E-state index in [9.17, 15) is 18.3 Å². The smallest absolute Gasteiger partial charge is 0.393 e. The van der Waals surface area contributed by atoms with Gasteiger partial charge in [0, 0.05) is 23.7 Å². The maximum absolute atomic E-state index is 12.9. The Labute approximate surface area is 166 Å². The quantitative estimate of drug-likeness (QED) is 0.605. The molecule has 0 spiro atoms. The van der Waals surface area contributed by atoms with Gasteiger partial charge in [-0.1, -0.05) is 60.7 Å². The van der Waals surface area contributed by atoms with Crippen LogP contribution in [0.5, 0.6) is 5.88 Å². The van der Waals surface area contributed by atoms with Crippen LogP contribution >= 0.6 is 0 Å². The predicted molar refractivity (Wildman–Crippen MR) is 107 cm³/mol. The lowest BCUT2D eigenvalue weighted by Gasteiger charge is -2.09. The molecule has 0 amide bonds. The first-order valence-electron chi connectivity index (χ1n) is 9.28. The summed E-state index contributed by atoms with van der Waals surface area (Å²) >= 11 is 0. The largest absolute Gasteiger partial charge is 0.494 e. The van der Waals surface area contributed by atoms with Gasteiger partial charge in [0.2, 0.25) is 0 Å². The Morgan fingerprint density at radius 2 is 1.93 bits per heavy atom. The number of aromatic hydroxyl groups is 1. The number of allylic oxidation sites excluding steroid dienone is 6. The summed E-state index contributed by atoms with van der Waals surface area (Å²) in [5.41, 5.74) is 3.48. The lowest BCUT2D eigenvalue weighted by Crippen LogP contribution is -2.10. The van der Waals surface area contributed by atoms with Gasteiger partial charge < -0.3 is 5.11 Å². The highest BCUT2D eigenvalue weighted by Crippen LogP contribution is 2.32. The van der Waals surface area contributed by atoms with E-state index in [1.165, 1.54) is 10.5 Å². The van der Waals surface area contributed by atoms with Crippen molar-refractivity contribution < 1.29 is 18.3 Å². The zero-order valence-electron chi connectivity index (χ0n) is 15.5. The van der Waals surface area contributed by atoms with Crippen molar-refractivity contribution in [3.8, 4) is 17.1 Å². The number of hydrogen-bond donors (Lipinski definition) is 1. The van der Waals surface area contributed by atoms with Gasteiger partial charge in [-0.2, -0.15) is 13.2 Å². The monoisotopic (exact) mass is 396 g/mol. The first-order valence-corrected chi connectivity index (χ1v) is 9.28. The molecule has 4 rings (SSSR count). The Morgan fingerprint density at radius 3 is 2.62 bits per heavy atom. The van der Waals surface area contributed by atoms with E-state index in [1.54, 1.807) is 6.20 Å². The molecule has 148 valence electrons. The second-order valence-electron chi connectivity index (χ2n) is 6.95. The molecule has 0 atom stereocenters. The Bertz CT molecular complexity index is 1120. The van der Waals surface area contributed by atoms with Crippen LogP contribution in [0.3, 0.4) is 0 Å². The molecule has 0 saturated heterocycles. The molecule has 1 aliphatic carbocycles. The molecule has 0 bridgehead atoms. The van der Waals surface area contributed by atoms with Crippen LogP contribution in [0.25, 0.3) is 16.8 Å². The average molecular weight is 396 g/mol. The third kappa shape index (κ3) is 4.26. The molecule has 0 fully saturated rings. The molecule has 0 unspecified atom stereocenters. The standard InChI is InChI=1S/C23H19F3N2O/c24-23(25,26)14-18-13-21-19(12-11-16-7-3-1-4-8-16)27-20(15-28(21)22(18)29)17-9-5-2-6-10-17/h1-7,9-11,13,15,29H,8,12,14H2/b16-11+. The summed E-state index contributed by atoms with van der Waals surface area (Å²) in [5.74, 6) is -0.397. The van der Waals surface area contributed by atoms with Crippen LogP contribution in [0.15, 0.2) is 78.5 Å². The van der Waals surface area contributed by atoms with E-state index >= 15 is 0 Å². The lowest BCUT2D eigenvalue weighted by molar-refractivity contribution is -0.127. The van der Waals surface area contributed by atoms with Crippen molar-refractivity contribution >= 4 is 5.52 Å². The van der Waals surface area contributed by atoms with Crippen LogP contribution in [0.2, 0.25) is 0 Å². The minimum Gasteiger partial charge on any atom is -0.494 e. The number of nitrogens with zero attached hydrogens (tertiary/aromatic N) is 2. The SMILES string of the molecule is Oc1c(CC(F)(F)F)cc2c(C/C=C3\C=CC=CC3)nc(-c3ccccc3)cn12. The molecule has 0 radical (unpaired) electrons. The van der Waals surface area contributed by atoms with Gasteiger partial charge in [-0.25, -0.2) is 4.98 Å². The second kappa shape index (κ2) is 7.62. The van der Waals surface area contributed by atoms with E-state index in [1.807, 2.05) is 60.7 Å². The summed E-state index contributed by atoms with van der Waals surface area (Å²) in [4.78, 5) is 4.71. The van der Waals surface area contributed by atoms with Crippen molar-refractivity contribution in [1.82, 2.24) is 9.38 Å². The molecular weight excluding hydrogens is 377 g/mol. The zero-order chi connectivity index (χ0) is 20.4. The van der Waals surface area contributed by atoms with Gasteiger partial charge in [0.05, 0.1) is 23.3 Å². The van der Waals surface area contributed by atoms with Crippen LogP contribution in [0, 0.1) is 0 Å². The first-order chi connectivity index (χ1) is 13.9. The molecule has 29 heavy (non-hydrogen) atoms. The number of benzene rings is 1. The second-order valence-corrected chi connectivity index (χ2v) is 6.95. The number of hydrogen-bond acceptors (Lipinski definition) is 2. The fourth-order valence-corrected chi connectivity index (χ4v) is 3.43. The summed E-state index contributed by atoms with van der Waals surface area (Å²) in [6, 6.07) is 10.8. The molecule has 0 saturated carbocycles. The van der Waals surface area contributed by atoms with Gasteiger partial charge in [0.25, 0.3) is 0 Å². The molecule has 3 nitrogen and oxygen atoms in total. The van der Waals surface area contributed by atoms with Crippen LogP contribution in [0.4, 0.5) is 13.2 Å². The lowest BCUT2D eigenvalue weighted by atomic mass is 10.1. The molecule has 2 aromatic heterocycles. The Kier molecular flexibility index (Phi) is 5.01. The minimum absolute atomic E-state index is 0.154. The minimum atomic E-state index is -4.40. The van der Waals surface area contributed by atoms with E-state index in [0.717, 1.165) is 17.6 Å². The number of rotatable bonds is 4. The fourth-order valence-electron chi connectivity index (χ4n) is 3.43. The summed E-state index contributed by atoms with van der Waals surface area (Å²) in [5, 5.41) is 10.5. The Hall–Kier alpha value is -3.28. The van der Waals surface area contributed by atoms with E-state index in [2.05, 4.69) is 0 Å². The molecular formula is C23H19F3N2O. The fraction of sp³-hybridized carbons (Fsp3) is 0.174. The van der Waals surface area contributed by atoms with E-state index in [-0.39, 0.29) is 5.56 Å². The van der Waals surface area contributed by atoms with Gasteiger partial charge in [-0.05, 0) is 18.1 Å². The van der Waals surface area contributed by atoms with Crippen molar-refractivity contribution in [2.24, 2.45) is 0 Å². The molecule has 0 aliphatic heterocycles. The average Bonchev–Trinajstić information content (AvgIpc) is 3.02. The van der Waals surface area contributed by atoms with Crippen LogP contribution in [0.1, 0.15) is 17.7 Å². The highest BCUT2D eigenvalue weighted by Gasteiger charge is 2.30. The van der Waals surface area contributed by atoms with Gasteiger partial charge in [0.1, 0.15) is 0 Å². The third-order valence-electron chi connectivity index (χ3n) is 4.82. The van der Waals surface area contributed by atoms with Gasteiger partial charge in [0.15, 0.2) is 5.88 Å². The third-order valence-corrected chi connectivity index (χ3v) is 4.82. The molecule has 3 aromatic rings. The normalized spacial score (nSPS) is 15.5. The van der Waals surface area contributed by atoms with Crippen LogP contribution < -0.4 is 0 Å². The Balaban J connectivity index is 1.83. The molecule has 1 aromatic carbocycles. The maximum atomic E-state index is 12.9. The van der Waals surface area contributed by atoms with Crippen LogP contribution in [-0.2, 0) is 12.8 Å². The van der Waals surface area contributed by atoms with Crippen molar-refractivity contribution in [1.29, 1.82) is 0 Å². The summed E-state index contributed by atoms with van der Waals surface area (Å²) in [7, 11) is 0. The summed E-state index contributed by atoms with van der Waals surface area (Å²) < 4.78 is 40.2. The molecule has 6 heteroatoms. The zero-order valence-corrected chi connectivity index (χ0v) is 15.5. The molecule has 2 heterocycles. The number of halogens is 3. The highest BCUT2D eigenvalue weighted by molar-refractivity contribution is 5.66. The summed E-state index contributed by atoms with van der Waals surface area (Å²) in [6.45, 7) is 0. The van der Waals surface area contributed by atoms with Crippen molar-refractivity contribution in [3.63, 3.8) is 0 Å². The molecule has 1 aliphatic rings. The van der Waals surface area contributed by atoms with Crippen LogP contribution in [-0.4, -0.2) is 20.7 Å². The first kappa shape index (κ1) is 19.1. The maximum Gasteiger partial charge on any atom is 0.393 e. The Morgan fingerprint density at radius 1 is 1.14 bits per heavy atom. The topological polar surface area (TPSA) is 37.5 Å². The van der Waals surface area contributed by atoms with Gasteiger partial charge in [-0.3, -0.25) is 4.40 Å². The number of aromatic nitrogens is 2. The van der Waals surface area contributed by atoms with Crippen molar-refractivity contribution in [3.05, 3.63) is 89.8 Å². The molecule has 1 N–H and O–H groups in total. The van der Waals surface area contributed by atoms with Crippen molar-refractivity contribution in [2.45, 2.75) is 25.4 Å². The number of fused-ring (bicyclic) bond motifs is 1. The predicted octanol–water partition coefficient (Wildman–Crippen LogP) is 5.80. The van der Waals surface area contributed by atoms with Gasteiger partial charge in [-0.15, -0.1) is 0 Å². The van der Waals surface area contributed by atoms with E-state index < -0.39 is 18.5 Å². The van der Waals surface area contributed by atoms with E-state index in [4.69, 9.17) is 4.98 Å². The van der Waals surface area contributed by atoms with E-state index in [0.29, 0.717) is 23.3 Å². The summed E-state index contributed by atoms with van der Waals surface area (Å²) in [6.07, 6.45) is 7.23. The highest BCUT2D eigenvalue weighted by atomic mass is 19.4. The number of alkyl halides is 3. The van der Waals surface area contributed by atoms with Crippen molar-refractivity contribution in [2.75, 3.05) is 0 Å².